The summed E-state index contributed by atoms with van der Waals surface area (Å²) in [7, 11) is 0. The molecule has 0 saturated heterocycles. The second kappa shape index (κ2) is 7.67. The van der Waals surface area contributed by atoms with E-state index in [1.165, 1.54) is 27.3 Å². The van der Waals surface area contributed by atoms with Crippen LogP contribution in [0.2, 0.25) is 0 Å². The van der Waals surface area contributed by atoms with Gasteiger partial charge in [0, 0.05) is 17.1 Å². The summed E-state index contributed by atoms with van der Waals surface area (Å²) in [6, 6.07) is 6.18. The van der Waals surface area contributed by atoms with Gasteiger partial charge in [0.2, 0.25) is 5.91 Å². The van der Waals surface area contributed by atoms with Crippen LogP contribution in [-0.2, 0) is 17.6 Å². The van der Waals surface area contributed by atoms with E-state index in [0.717, 1.165) is 24.8 Å². The molecule has 28 heavy (non-hydrogen) atoms. The summed E-state index contributed by atoms with van der Waals surface area (Å²) in [5.74, 6) is 0.0528. The van der Waals surface area contributed by atoms with E-state index >= 15 is 0 Å². The summed E-state index contributed by atoms with van der Waals surface area (Å²) in [5, 5.41) is 0.991. The van der Waals surface area contributed by atoms with Crippen molar-refractivity contribution in [3.8, 4) is 5.69 Å². The first kappa shape index (κ1) is 19.1. The number of hydrogen-bond acceptors (Lipinski definition) is 5. The van der Waals surface area contributed by atoms with Crippen LogP contribution in [0.1, 0.15) is 30.2 Å². The molecule has 0 unspecified atom stereocenters. The van der Waals surface area contributed by atoms with Crippen LogP contribution in [0.4, 0.5) is 4.39 Å². The quantitative estimate of drug-likeness (QED) is 0.507. The Morgan fingerprint density at radius 2 is 2.21 bits per heavy atom. The van der Waals surface area contributed by atoms with Crippen molar-refractivity contribution >= 4 is 39.2 Å². The monoisotopic (exact) mass is 417 g/mol. The van der Waals surface area contributed by atoms with Gasteiger partial charge in [-0.3, -0.25) is 14.2 Å². The van der Waals surface area contributed by atoms with Crippen LogP contribution in [0.3, 0.4) is 0 Å². The van der Waals surface area contributed by atoms with Gasteiger partial charge in [-0.15, -0.1) is 11.3 Å². The molecule has 1 atom stereocenters. The van der Waals surface area contributed by atoms with E-state index in [0.29, 0.717) is 27.0 Å². The van der Waals surface area contributed by atoms with Crippen molar-refractivity contribution < 1.29 is 9.18 Å². The number of thioether (sulfide) groups is 1. The van der Waals surface area contributed by atoms with E-state index in [1.807, 2.05) is 0 Å². The number of nitrogens with two attached hydrogens (primary N) is 1. The third kappa shape index (κ3) is 3.46. The van der Waals surface area contributed by atoms with Gasteiger partial charge in [0.25, 0.3) is 5.56 Å². The molecular weight excluding hydrogens is 397 g/mol. The number of primary amides is 1. The molecule has 2 N–H and O–H groups in total. The number of aryl methyl sites for hydroxylation is 1. The van der Waals surface area contributed by atoms with Crippen LogP contribution in [-0.4, -0.2) is 21.2 Å². The van der Waals surface area contributed by atoms with E-state index in [1.54, 1.807) is 29.5 Å². The van der Waals surface area contributed by atoms with E-state index in [-0.39, 0.29) is 17.7 Å². The zero-order chi connectivity index (χ0) is 19.8. The highest BCUT2D eigenvalue weighted by Crippen LogP contribution is 2.37. The fourth-order valence-corrected chi connectivity index (χ4v) is 5.94. The van der Waals surface area contributed by atoms with Crippen molar-refractivity contribution in [3.63, 3.8) is 0 Å². The van der Waals surface area contributed by atoms with E-state index in [4.69, 9.17) is 10.7 Å². The van der Waals surface area contributed by atoms with Gasteiger partial charge in [-0.05, 0) is 42.9 Å². The topological polar surface area (TPSA) is 78.0 Å². The van der Waals surface area contributed by atoms with Crippen LogP contribution in [0.5, 0.6) is 0 Å². The van der Waals surface area contributed by atoms with Crippen molar-refractivity contribution in [3.05, 3.63) is 50.9 Å². The first-order valence-electron chi connectivity index (χ1n) is 9.19. The molecule has 0 fully saturated rings. The highest BCUT2D eigenvalue weighted by molar-refractivity contribution is 7.99. The number of amides is 1. The molecule has 0 saturated carbocycles. The number of halogens is 1. The van der Waals surface area contributed by atoms with Crippen molar-refractivity contribution in [2.24, 2.45) is 11.7 Å². The fraction of sp³-hybridized carbons (Fsp3) is 0.350. The molecule has 8 heteroatoms. The zero-order valence-corrected chi connectivity index (χ0v) is 17.0. The SMILES string of the molecule is C[C@@H]1CCc2c(sc3nc(SCCC(N)=O)n(-c4ccccc4F)c(=O)c23)C1. The third-order valence-electron chi connectivity index (χ3n) is 4.97. The Hall–Kier alpha value is -2.19. The normalized spacial score (nSPS) is 16.3. The number of rotatable bonds is 5. The molecular formula is C20H20FN3O2S2. The molecule has 2 aromatic heterocycles. The maximum absolute atomic E-state index is 14.5. The molecule has 0 bridgehead atoms. The molecule has 0 radical (unpaired) electrons. The number of fused-ring (bicyclic) bond motifs is 3. The Balaban J connectivity index is 1.93. The highest BCUT2D eigenvalue weighted by Gasteiger charge is 2.25. The van der Waals surface area contributed by atoms with Crippen molar-refractivity contribution in [2.75, 3.05) is 5.75 Å². The largest absolute Gasteiger partial charge is 0.370 e. The van der Waals surface area contributed by atoms with Gasteiger partial charge in [-0.25, -0.2) is 9.37 Å². The number of carbonyl (C=O) groups is 1. The van der Waals surface area contributed by atoms with Crippen LogP contribution >= 0.6 is 23.1 Å². The summed E-state index contributed by atoms with van der Waals surface area (Å²) in [5.41, 5.74) is 6.22. The van der Waals surface area contributed by atoms with Gasteiger partial charge < -0.3 is 5.73 Å². The number of benzene rings is 1. The Labute approximate surface area is 169 Å². The van der Waals surface area contributed by atoms with Gasteiger partial charge in [0.1, 0.15) is 10.6 Å². The van der Waals surface area contributed by atoms with Gasteiger partial charge in [-0.2, -0.15) is 0 Å². The average molecular weight is 418 g/mol. The molecule has 0 aliphatic heterocycles. The van der Waals surface area contributed by atoms with Crippen molar-refractivity contribution in [2.45, 2.75) is 37.8 Å². The van der Waals surface area contributed by atoms with E-state index < -0.39 is 11.7 Å². The lowest BCUT2D eigenvalue weighted by Crippen LogP contribution is -2.23. The molecule has 0 spiro atoms. The van der Waals surface area contributed by atoms with E-state index in [2.05, 4.69) is 6.92 Å². The first-order chi connectivity index (χ1) is 13.5. The fourth-order valence-electron chi connectivity index (χ4n) is 3.56. The molecule has 1 aliphatic carbocycles. The molecule has 1 aromatic carbocycles. The van der Waals surface area contributed by atoms with Crippen LogP contribution < -0.4 is 11.3 Å². The van der Waals surface area contributed by atoms with Gasteiger partial charge in [0.05, 0.1) is 11.1 Å². The van der Waals surface area contributed by atoms with Crippen LogP contribution in [0, 0.1) is 11.7 Å². The Morgan fingerprint density at radius 3 is 2.96 bits per heavy atom. The second-order valence-corrected chi connectivity index (χ2v) is 9.23. The summed E-state index contributed by atoms with van der Waals surface area (Å²) >= 11 is 2.80. The molecule has 1 aliphatic rings. The minimum absolute atomic E-state index is 0.161. The lowest BCUT2D eigenvalue weighted by atomic mass is 9.89. The molecule has 146 valence electrons. The van der Waals surface area contributed by atoms with Gasteiger partial charge in [0.15, 0.2) is 5.16 Å². The Bertz CT molecular complexity index is 1120. The lowest BCUT2D eigenvalue weighted by molar-refractivity contribution is -0.117. The highest BCUT2D eigenvalue weighted by atomic mass is 32.2. The minimum Gasteiger partial charge on any atom is -0.370 e. The number of para-hydroxylation sites is 1. The Kier molecular flexibility index (Phi) is 5.25. The maximum Gasteiger partial charge on any atom is 0.267 e. The van der Waals surface area contributed by atoms with E-state index in [9.17, 15) is 14.0 Å². The number of carbonyl (C=O) groups excluding carboxylic acids is 1. The molecule has 5 nitrogen and oxygen atoms in total. The van der Waals surface area contributed by atoms with Gasteiger partial charge in [-0.1, -0.05) is 30.8 Å². The zero-order valence-electron chi connectivity index (χ0n) is 15.4. The second-order valence-electron chi connectivity index (χ2n) is 7.08. The summed E-state index contributed by atoms with van der Waals surface area (Å²) in [6.07, 6.45) is 2.99. The van der Waals surface area contributed by atoms with Crippen molar-refractivity contribution in [1.29, 1.82) is 0 Å². The van der Waals surface area contributed by atoms with Crippen LogP contribution in [0.15, 0.2) is 34.2 Å². The van der Waals surface area contributed by atoms with Gasteiger partial charge >= 0.3 is 0 Å². The summed E-state index contributed by atoms with van der Waals surface area (Å²) in [4.78, 5) is 31.2. The van der Waals surface area contributed by atoms with Crippen LogP contribution in [0.25, 0.3) is 15.9 Å². The Morgan fingerprint density at radius 1 is 1.43 bits per heavy atom. The number of nitrogens with zero attached hydrogens (tertiary/aromatic N) is 2. The molecule has 2 heterocycles. The number of hydrogen-bond donors (Lipinski definition) is 1. The third-order valence-corrected chi connectivity index (χ3v) is 7.06. The molecule has 4 rings (SSSR count). The first-order valence-corrected chi connectivity index (χ1v) is 11.0. The predicted molar refractivity (Wildman–Crippen MR) is 111 cm³/mol. The molecule has 1 amide bonds. The van der Waals surface area contributed by atoms with Crippen molar-refractivity contribution in [1.82, 2.24) is 9.55 Å². The smallest absolute Gasteiger partial charge is 0.267 e. The summed E-state index contributed by atoms with van der Waals surface area (Å²) < 4.78 is 15.9. The standard InChI is InChI=1S/C20H20FN3O2S2/c1-11-6-7-12-15(10-11)28-18-17(12)19(26)24(14-5-3-2-4-13(14)21)20(23-18)27-9-8-16(22)25/h2-5,11H,6-10H2,1H3,(H2,22,25)/t11-/m1/s1. The summed E-state index contributed by atoms with van der Waals surface area (Å²) in [6.45, 7) is 2.21. The minimum atomic E-state index is -0.486. The maximum atomic E-state index is 14.5. The lowest BCUT2D eigenvalue weighted by Gasteiger charge is -2.18. The predicted octanol–water partition coefficient (Wildman–Crippen LogP) is 3.68. The molecule has 3 aromatic rings. The number of aromatic nitrogens is 2. The average Bonchev–Trinajstić information content (AvgIpc) is 3.00. The number of thiophene rings is 1.